The first kappa shape index (κ1) is 9.43. The minimum absolute atomic E-state index is 0.413. The number of thiazole rings is 1. The Kier molecular flexibility index (Phi) is 2.39. The van der Waals surface area contributed by atoms with Crippen molar-refractivity contribution in [3.63, 3.8) is 0 Å². The zero-order valence-corrected chi connectivity index (χ0v) is 8.85. The Morgan fingerprint density at radius 2 is 2.36 bits per heavy atom. The van der Waals surface area contributed by atoms with Crippen LogP contribution in [0.4, 0.5) is 0 Å². The second-order valence-electron chi connectivity index (χ2n) is 2.64. The molecule has 0 fully saturated rings. The molecule has 2 rings (SSSR count). The molecule has 0 unspecified atom stereocenters. The number of nitrogens with zero attached hydrogens (tertiary/aromatic N) is 1. The van der Waals surface area contributed by atoms with Crippen molar-refractivity contribution in [3.8, 4) is 0 Å². The molecule has 0 bridgehead atoms. The Balaban J connectivity index is 2.72. The molecule has 72 valence electrons. The normalized spacial score (nSPS) is 10.4. The number of esters is 1. The number of ether oxygens (including phenoxy) is 1. The summed E-state index contributed by atoms with van der Waals surface area (Å²) >= 11 is 7.29. The standard InChI is InChI=1S/C9H6ClNO2S/c1-13-9(12)6-2-5(10)3-7-8(6)11-4-14-7/h2-4H,1H3. The van der Waals surface area contributed by atoms with Gasteiger partial charge < -0.3 is 4.74 Å². The van der Waals surface area contributed by atoms with Gasteiger partial charge in [-0.2, -0.15) is 0 Å². The van der Waals surface area contributed by atoms with Crippen molar-refractivity contribution >= 4 is 39.1 Å². The number of rotatable bonds is 1. The van der Waals surface area contributed by atoms with Gasteiger partial charge in [-0.25, -0.2) is 9.78 Å². The smallest absolute Gasteiger partial charge is 0.340 e. The maximum Gasteiger partial charge on any atom is 0.340 e. The van der Waals surface area contributed by atoms with Crippen LogP contribution in [0.1, 0.15) is 10.4 Å². The lowest BCUT2D eigenvalue weighted by Gasteiger charge is -2.00. The summed E-state index contributed by atoms with van der Waals surface area (Å²) in [5.74, 6) is -0.414. The average Bonchev–Trinajstić information content (AvgIpc) is 2.62. The van der Waals surface area contributed by atoms with Crippen LogP contribution in [0.15, 0.2) is 17.6 Å². The molecule has 0 atom stereocenters. The first-order valence-electron chi connectivity index (χ1n) is 3.83. The number of benzene rings is 1. The molecular formula is C9H6ClNO2S. The molecule has 3 nitrogen and oxygen atoms in total. The van der Waals surface area contributed by atoms with E-state index in [-0.39, 0.29) is 0 Å². The van der Waals surface area contributed by atoms with Crippen LogP contribution in [0.3, 0.4) is 0 Å². The lowest BCUT2D eigenvalue weighted by atomic mass is 10.2. The van der Waals surface area contributed by atoms with Crippen molar-refractivity contribution in [2.45, 2.75) is 0 Å². The van der Waals surface area contributed by atoms with Gasteiger partial charge in [-0.3, -0.25) is 0 Å². The number of carbonyl (C=O) groups is 1. The van der Waals surface area contributed by atoms with Crippen molar-refractivity contribution in [2.24, 2.45) is 0 Å². The highest BCUT2D eigenvalue weighted by Crippen LogP contribution is 2.26. The molecule has 1 aromatic heterocycles. The van der Waals surface area contributed by atoms with E-state index in [0.29, 0.717) is 16.1 Å². The Labute approximate surface area is 89.3 Å². The molecule has 0 radical (unpaired) electrons. The van der Waals surface area contributed by atoms with Gasteiger partial charge in [0, 0.05) is 5.02 Å². The van der Waals surface area contributed by atoms with Gasteiger partial charge in [-0.15, -0.1) is 11.3 Å². The number of carbonyl (C=O) groups excluding carboxylic acids is 1. The summed E-state index contributed by atoms with van der Waals surface area (Å²) < 4.78 is 5.52. The third-order valence-electron chi connectivity index (χ3n) is 1.81. The van der Waals surface area contributed by atoms with E-state index in [0.717, 1.165) is 4.70 Å². The molecule has 0 amide bonds. The van der Waals surface area contributed by atoms with E-state index in [2.05, 4.69) is 9.72 Å². The SMILES string of the molecule is COC(=O)c1cc(Cl)cc2scnc12. The molecule has 0 N–H and O–H groups in total. The average molecular weight is 228 g/mol. The van der Waals surface area contributed by atoms with Gasteiger partial charge >= 0.3 is 5.97 Å². The molecule has 1 heterocycles. The van der Waals surface area contributed by atoms with Crippen molar-refractivity contribution in [1.29, 1.82) is 0 Å². The highest BCUT2D eigenvalue weighted by molar-refractivity contribution is 7.16. The van der Waals surface area contributed by atoms with Crippen molar-refractivity contribution in [2.75, 3.05) is 7.11 Å². The summed E-state index contributed by atoms with van der Waals surface area (Å²) in [6.45, 7) is 0. The van der Waals surface area contributed by atoms with Gasteiger partial charge in [0.05, 0.1) is 28.4 Å². The second kappa shape index (κ2) is 3.55. The summed E-state index contributed by atoms with van der Waals surface area (Å²) in [7, 11) is 1.33. The topological polar surface area (TPSA) is 39.2 Å². The fourth-order valence-electron chi connectivity index (χ4n) is 1.20. The van der Waals surface area contributed by atoms with Crippen LogP contribution in [0.2, 0.25) is 5.02 Å². The molecule has 1 aromatic carbocycles. The van der Waals surface area contributed by atoms with Crippen LogP contribution in [-0.2, 0) is 4.74 Å². The van der Waals surface area contributed by atoms with Gasteiger partial charge in [0.15, 0.2) is 0 Å². The number of halogens is 1. The van der Waals surface area contributed by atoms with Crippen LogP contribution in [0.25, 0.3) is 10.2 Å². The highest BCUT2D eigenvalue weighted by Gasteiger charge is 2.13. The number of aromatic nitrogens is 1. The third kappa shape index (κ3) is 1.47. The summed E-state index contributed by atoms with van der Waals surface area (Å²) in [4.78, 5) is 15.4. The molecule has 0 aliphatic heterocycles. The summed E-state index contributed by atoms with van der Waals surface area (Å²) in [5.41, 5.74) is 2.73. The molecule has 5 heteroatoms. The molecule has 0 saturated heterocycles. The van der Waals surface area contributed by atoms with Gasteiger partial charge in [-0.1, -0.05) is 11.6 Å². The molecule has 0 spiro atoms. The first-order valence-corrected chi connectivity index (χ1v) is 5.09. The Bertz CT molecular complexity index is 495. The van der Waals surface area contributed by atoms with Gasteiger partial charge in [0.1, 0.15) is 0 Å². The quantitative estimate of drug-likeness (QED) is 0.704. The van der Waals surface area contributed by atoms with Crippen molar-refractivity contribution < 1.29 is 9.53 Å². The maximum atomic E-state index is 11.4. The van der Waals surface area contributed by atoms with Gasteiger partial charge in [-0.05, 0) is 12.1 Å². The molecule has 0 saturated carbocycles. The monoisotopic (exact) mass is 227 g/mol. The Hall–Kier alpha value is -1.13. The van der Waals surface area contributed by atoms with Gasteiger partial charge in [0.2, 0.25) is 0 Å². The maximum absolute atomic E-state index is 11.4. The Morgan fingerprint density at radius 1 is 1.57 bits per heavy atom. The fourth-order valence-corrected chi connectivity index (χ4v) is 2.22. The van der Waals surface area contributed by atoms with Crippen LogP contribution < -0.4 is 0 Å². The van der Waals surface area contributed by atoms with E-state index in [1.165, 1.54) is 18.4 Å². The zero-order chi connectivity index (χ0) is 10.1. The van der Waals surface area contributed by atoms with E-state index >= 15 is 0 Å². The van der Waals surface area contributed by atoms with Crippen LogP contribution in [0.5, 0.6) is 0 Å². The number of fused-ring (bicyclic) bond motifs is 1. The summed E-state index contributed by atoms with van der Waals surface area (Å²) in [6.07, 6.45) is 0. The van der Waals surface area contributed by atoms with E-state index in [4.69, 9.17) is 11.6 Å². The van der Waals surface area contributed by atoms with Crippen molar-refractivity contribution in [1.82, 2.24) is 4.98 Å². The lowest BCUT2D eigenvalue weighted by Crippen LogP contribution is -2.01. The minimum atomic E-state index is -0.414. The first-order chi connectivity index (χ1) is 6.72. The molecular weight excluding hydrogens is 222 g/mol. The van der Waals surface area contributed by atoms with Crippen molar-refractivity contribution in [3.05, 3.63) is 28.2 Å². The number of methoxy groups -OCH3 is 1. The van der Waals surface area contributed by atoms with Crippen LogP contribution in [0, 0.1) is 0 Å². The second-order valence-corrected chi connectivity index (χ2v) is 3.97. The predicted octanol–water partition coefficient (Wildman–Crippen LogP) is 2.74. The number of hydrogen-bond donors (Lipinski definition) is 0. The van der Waals surface area contributed by atoms with E-state index in [1.807, 2.05) is 0 Å². The van der Waals surface area contributed by atoms with Gasteiger partial charge in [0.25, 0.3) is 0 Å². The number of hydrogen-bond acceptors (Lipinski definition) is 4. The highest BCUT2D eigenvalue weighted by atomic mass is 35.5. The van der Waals surface area contributed by atoms with E-state index < -0.39 is 5.97 Å². The predicted molar refractivity (Wildman–Crippen MR) is 56.0 cm³/mol. The largest absolute Gasteiger partial charge is 0.465 e. The third-order valence-corrected chi connectivity index (χ3v) is 2.80. The molecule has 0 aliphatic rings. The zero-order valence-electron chi connectivity index (χ0n) is 7.28. The molecule has 14 heavy (non-hydrogen) atoms. The molecule has 2 aromatic rings. The summed E-state index contributed by atoms with van der Waals surface area (Å²) in [5, 5.41) is 0.516. The van der Waals surface area contributed by atoms with E-state index in [1.54, 1.807) is 17.6 Å². The summed E-state index contributed by atoms with van der Waals surface area (Å²) in [6, 6.07) is 3.34. The fraction of sp³-hybridized carbons (Fsp3) is 0.111. The van der Waals surface area contributed by atoms with Crippen LogP contribution in [-0.4, -0.2) is 18.1 Å². The molecule has 0 aliphatic carbocycles. The van der Waals surface area contributed by atoms with E-state index in [9.17, 15) is 4.79 Å². The Morgan fingerprint density at radius 3 is 3.07 bits per heavy atom. The lowest BCUT2D eigenvalue weighted by molar-refractivity contribution is 0.0603. The minimum Gasteiger partial charge on any atom is -0.465 e. The van der Waals surface area contributed by atoms with Crippen LogP contribution >= 0.6 is 22.9 Å².